The third-order valence-corrected chi connectivity index (χ3v) is 2.04. The maximum Gasteiger partial charge on any atom is 0.0129 e. The molecule has 0 aromatic heterocycles. The van der Waals surface area contributed by atoms with Gasteiger partial charge in [-0.2, -0.15) is 0 Å². The molecule has 0 aliphatic heterocycles. The summed E-state index contributed by atoms with van der Waals surface area (Å²) in [6.07, 6.45) is 1.24. The number of alkyl halides is 1. The summed E-state index contributed by atoms with van der Waals surface area (Å²) in [6.45, 7) is 9.12. The van der Waals surface area contributed by atoms with E-state index < -0.39 is 0 Å². The Labute approximate surface area is 79.3 Å². The summed E-state index contributed by atoms with van der Waals surface area (Å²) < 4.78 is 0. The number of nitrogens with zero attached hydrogens (tertiary/aromatic N) is 1. The topological polar surface area (TPSA) is 3.24 Å². The summed E-state index contributed by atoms with van der Waals surface area (Å²) in [4.78, 5) is 3.04. The smallest absolute Gasteiger partial charge is 0.0129 e. The molecule has 0 saturated carbocycles. The van der Waals surface area contributed by atoms with E-state index in [2.05, 4.69) is 48.6 Å². The van der Waals surface area contributed by atoms with Crippen LogP contribution in [0.15, 0.2) is 0 Å². The number of rotatable bonds is 5. The Balaban J connectivity index is 3.29. The lowest BCUT2D eigenvalue weighted by Crippen LogP contribution is -2.25. The van der Waals surface area contributed by atoms with Gasteiger partial charge in [0.15, 0.2) is 0 Å². The normalized spacial score (nSPS) is 14.5. The maximum absolute atomic E-state index is 3.54. The highest BCUT2D eigenvalue weighted by Gasteiger charge is 2.02. The largest absolute Gasteiger partial charge is 0.306 e. The molecule has 1 unspecified atom stereocenters. The average molecular weight is 222 g/mol. The van der Waals surface area contributed by atoms with Gasteiger partial charge in [-0.15, -0.1) is 0 Å². The van der Waals surface area contributed by atoms with Gasteiger partial charge in [0.1, 0.15) is 0 Å². The second kappa shape index (κ2) is 6.01. The molecule has 1 nitrogen and oxygen atoms in total. The van der Waals surface area contributed by atoms with Crippen molar-refractivity contribution in [3.05, 3.63) is 0 Å². The summed E-state index contributed by atoms with van der Waals surface area (Å²) in [7, 11) is 2.19. The van der Waals surface area contributed by atoms with Crippen LogP contribution in [0.5, 0.6) is 0 Å². The van der Waals surface area contributed by atoms with Gasteiger partial charge < -0.3 is 4.90 Å². The Bertz CT molecular complexity index is 91.6. The minimum atomic E-state index is 0.650. The fraction of sp³-hybridized carbons (Fsp3) is 1.00. The highest BCUT2D eigenvalue weighted by molar-refractivity contribution is 9.09. The predicted octanol–water partition coefficient (Wildman–Crippen LogP) is 2.75. The third kappa shape index (κ3) is 8.35. The number of hydrogen-bond acceptors (Lipinski definition) is 1. The molecule has 0 bridgehead atoms. The first kappa shape index (κ1) is 11.4. The molecule has 0 saturated heterocycles. The average Bonchev–Trinajstić information content (AvgIpc) is 1.82. The molecule has 11 heavy (non-hydrogen) atoms. The fourth-order valence-electron chi connectivity index (χ4n) is 1.11. The van der Waals surface area contributed by atoms with Gasteiger partial charge in [-0.05, 0) is 25.9 Å². The van der Waals surface area contributed by atoms with E-state index in [9.17, 15) is 0 Å². The fourth-order valence-corrected chi connectivity index (χ4v) is 1.32. The van der Waals surface area contributed by atoms with E-state index in [4.69, 9.17) is 0 Å². The van der Waals surface area contributed by atoms with Gasteiger partial charge in [0.2, 0.25) is 0 Å². The quantitative estimate of drug-likeness (QED) is 0.646. The van der Waals surface area contributed by atoms with E-state index in [1.165, 1.54) is 19.5 Å². The van der Waals surface area contributed by atoms with Crippen LogP contribution >= 0.6 is 15.9 Å². The second-order valence-corrected chi connectivity index (χ2v) is 5.29. The molecule has 0 aromatic rings. The molecule has 0 aromatic carbocycles. The van der Waals surface area contributed by atoms with Crippen molar-refractivity contribution in [2.45, 2.75) is 32.0 Å². The van der Waals surface area contributed by atoms with Gasteiger partial charge in [-0.3, -0.25) is 0 Å². The van der Waals surface area contributed by atoms with Crippen molar-refractivity contribution in [1.82, 2.24) is 4.90 Å². The van der Waals surface area contributed by atoms with Crippen LogP contribution in [0.1, 0.15) is 27.2 Å². The van der Waals surface area contributed by atoms with E-state index in [1.807, 2.05) is 0 Å². The van der Waals surface area contributed by atoms with Crippen LogP contribution < -0.4 is 0 Å². The highest BCUT2D eigenvalue weighted by atomic mass is 79.9. The van der Waals surface area contributed by atoms with E-state index in [-0.39, 0.29) is 0 Å². The zero-order valence-corrected chi connectivity index (χ0v) is 9.69. The summed E-state index contributed by atoms with van der Waals surface area (Å²) in [5, 5.41) is 0. The van der Waals surface area contributed by atoms with Gasteiger partial charge in [-0.25, -0.2) is 0 Å². The van der Waals surface area contributed by atoms with Gasteiger partial charge in [0.05, 0.1) is 0 Å². The molecule has 0 aliphatic rings. The number of halogens is 1. The molecule has 0 amide bonds. The first-order valence-corrected chi connectivity index (χ1v) is 5.26. The van der Waals surface area contributed by atoms with Crippen LogP contribution in [0.2, 0.25) is 0 Å². The van der Waals surface area contributed by atoms with Crippen LogP contribution in [0.4, 0.5) is 0 Å². The van der Waals surface area contributed by atoms with Crippen molar-refractivity contribution in [2.24, 2.45) is 5.92 Å². The van der Waals surface area contributed by atoms with Crippen molar-refractivity contribution in [3.63, 3.8) is 0 Å². The Morgan fingerprint density at radius 3 is 2.18 bits per heavy atom. The molecule has 0 rings (SSSR count). The van der Waals surface area contributed by atoms with Crippen LogP contribution in [0.3, 0.4) is 0 Å². The minimum absolute atomic E-state index is 0.650. The van der Waals surface area contributed by atoms with E-state index in [0.29, 0.717) is 4.83 Å². The van der Waals surface area contributed by atoms with Crippen molar-refractivity contribution >= 4 is 15.9 Å². The molecule has 0 heterocycles. The lowest BCUT2D eigenvalue weighted by Gasteiger charge is -2.19. The summed E-state index contributed by atoms with van der Waals surface area (Å²) >= 11 is 3.54. The van der Waals surface area contributed by atoms with Gasteiger partial charge in [-0.1, -0.05) is 36.7 Å². The second-order valence-electron chi connectivity index (χ2n) is 3.73. The van der Waals surface area contributed by atoms with Crippen molar-refractivity contribution < 1.29 is 0 Å². The molecule has 0 radical (unpaired) electrons. The highest BCUT2D eigenvalue weighted by Crippen LogP contribution is 2.04. The monoisotopic (exact) mass is 221 g/mol. The van der Waals surface area contributed by atoms with Crippen molar-refractivity contribution in [1.29, 1.82) is 0 Å². The first-order valence-electron chi connectivity index (χ1n) is 4.35. The molecule has 2 heteroatoms. The number of hydrogen-bond donors (Lipinski definition) is 0. The van der Waals surface area contributed by atoms with Crippen molar-refractivity contribution in [2.75, 3.05) is 20.1 Å². The molecule has 1 atom stereocenters. The summed E-state index contributed by atoms with van der Waals surface area (Å²) in [6, 6.07) is 0. The lowest BCUT2D eigenvalue weighted by molar-refractivity contribution is 0.293. The molecule has 0 fully saturated rings. The maximum atomic E-state index is 3.54. The Morgan fingerprint density at radius 1 is 1.27 bits per heavy atom. The lowest BCUT2D eigenvalue weighted by atomic mass is 10.2. The third-order valence-electron chi connectivity index (χ3n) is 1.59. The van der Waals surface area contributed by atoms with E-state index in [0.717, 1.165) is 5.92 Å². The molecular weight excluding hydrogens is 202 g/mol. The zero-order chi connectivity index (χ0) is 8.85. The Morgan fingerprint density at radius 2 is 1.82 bits per heavy atom. The van der Waals surface area contributed by atoms with Crippen molar-refractivity contribution in [3.8, 4) is 0 Å². The molecular formula is C9H20BrN. The van der Waals surface area contributed by atoms with E-state index in [1.54, 1.807) is 0 Å². The molecule has 0 spiro atoms. The predicted molar refractivity (Wildman–Crippen MR) is 55.3 cm³/mol. The Kier molecular flexibility index (Phi) is 6.25. The Hall–Kier alpha value is 0.440. The summed E-state index contributed by atoms with van der Waals surface area (Å²) in [5.74, 6) is 0.783. The molecule has 68 valence electrons. The molecule has 0 aliphatic carbocycles. The van der Waals surface area contributed by atoms with Crippen LogP contribution in [0, 0.1) is 5.92 Å². The van der Waals surface area contributed by atoms with Gasteiger partial charge >= 0.3 is 0 Å². The zero-order valence-electron chi connectivity index (χ0n) is 8.10. The summed E-state index contributed by atoms with van der Waals surface area (Å²) in [5.41, 5.74) is 0. The van der Waals surface area contributed by atoms with E-state index >= 15 is 0 Å². The molecule has 0 N–H and O–H groups in total. The van der Waals surface area contributed by atoms with Crippen LogP contribution in [-0.4, -0.2) is 29.9 Å². The standard InChI is InChI=1S/C9H20BrN/c1-8(2)7-11(4)6-5-9(3)10/h8-9H,5-7H2,1-4H3. The first-order chi connectivity index (χ1) is 5.02. The SMILES string of the molecule is CC(C)CN(C)CCC(C)Br. The van der Waals surface area contributed by atoms with Gasteiger partial charge in [0.25, 0.3) is 0 Å². The minimum Gasteiger partial charge on any atom is -0.306 e. The van der Waals surface area contributed by atoms with Gasteiger partial charge in [0, 0.05) is 11.4 Å². The van der Waals surface area contributed by atoms with Crippen LogP contribution in [0.25, 0.3) is 0 Å². The van der Waals surface area contributed by atoms with Crippen LogP contribution in [-0.2, 0) is 0 Å².